The largest absolute Gasteiger partial charge is 0.444 e. The molecule has 0 aromatic heterocycles. The van der Waals surface area contributed by atoms with Gasteiger partial charge in [-0.15, -0.1) is 0 Å². The van der Waals surface area contributed by atoms with Gasteiger partial charge in [0.1, 0.15) is 61.9 Å². The second-order valence-corrected chi connectivity index (χ2v) is 31.2. The molecule has 6 fully saturated rings. The van der Waals surface area contributed by atoms with E-state index in [4.69, 9.17) is 32.4 Å². The highest BCUT2D eigenvalue weighted by atomic mass is 19.4. The monoisotopic (exact) mass is 1740 g/mol. The van der Waals surface area contributed by atoms with Crippen LogP contribution in [0, 0.1) is 20.8 Å². The van der Waals surface area contributed by atoms with Crippen LogP contribution in [0.3, 0.4) is 0 Å². The zero-order valence-corrected chi connectivity index (χ0v) is 69.0. The molecule has 11 N–H and O–H groups in total. The number of carbonyl (C=O) groups is 11. The maximum atomic E-state index is 13.9. The third-order valence-electron chi connectivity index (χ3n) is 21.9. The summed E-state index contributed by atoms with van der Waals surface area (Å²) in [7, 11) is 0. The quantitative estimate of drug-likeness (QED) is 0.0210. The first-order valence-electron chi connectivity index (χ1n) is 40.7. The molecule has 124 heavy (non-hydrogen) atoms. The van der Waals surface area contributed by atoms with Crippen molar-refractivity contribution in [3.63, 3.8) is 0 Å². The van der Waals surface area contributed by atoms with Gasteiger partial charge in [-0.25, -0.2) is 14.4 Å². The van der Waals surface area contributed by atoms with E-state index in [1.165, 1.54) is 55.4 Å². The predicted octanol–water partition coefficient (Wildman–Crippen LogP) is 8.11. The molecule has 0 bridgehead atoms. The Morgan fingerprint density at radius 3 is 1.18 bits per heavy atom. The number of ether oxygens (including phenoxy) is 2. The summed E-state index contributed by atoms with van der Waals surface area (Å²) in [5, 5.41) is 7.83. The van der Waals surface area contributed by atoms with Crippen molar-refractivity contribution in [3.8, 4) is 0 Å². The van der Waals surface area contributed by atoms with Gasteiger partial charge in [-0.1, -0.05) is 126 Å². The van der Waals surface area contributed by atoms with E-state index in [1.807, 2.05) is 91.0 Å². The predicted molar refractivity (Wildman–Crippen MR) is 433 cm³/mol. The first-order valence-corrected chi connectivity index (χ1v) is 40.7. The van der Waals surface area contributed by atoms with E-state index in [2.05, 4.69) is 16.0 Å². The Bertz CT molecular complexity index is 4790. The van der Waals surface area contributed by atoms with Crippen molar-refractivity contribution in [3.05, 3.63) is 212 Å². The van der Waals surface area contributed by atoms with E-state index in [9.17, 15) is 92.3 Å². The Morgan fingerprint density at radius 2 is 0.798 bits per heavy atom. The lowest BCUT2D eigenvalue weighted by Crippen LogP contribution is -2.75. The number of piperazine rings is 3. The number of alkyl halides is 9. The number of aryl methyl sites for hydroxylation is 3. The highest BCUT2D eigenvalue weighted by Gasteiger charge is 2.55. The first kappa shape index (κ1) is 94.4. The molecule has 12 rings (SSSR count). The molecule has 0 radical (unpaired) electrons. The number of amides is 12. The van der Waals surface area contributed by atoms with E-state index in [1.54, 1.807) is 34.6 Å². The van der Waals surface area contributed by atoms with E-state index in [0.29, 0.717) is 67.6 Å². The van der Waals surface area contributed by atoms with Gasteiger partial charge in [0.05, 0.1) is 56.0 Å². The van der Waals surface area contributed by atoms with Crippen molar-refractivity contribution < 1.29 is 102 Å². The van der Waals surface area contributed by atoms with Crippen LogP contribution >= 0.6 is 0 Å². The van der Waals surface area contributed by atoms with Crippen LogP contribution in [-0.4, -0.2) is 224 Å². The average molecular weight is 1740 g/mol. The van der Waals surface area contributed by atoms with Crippen molar-refractivity contribution in [1.82, 2.24) is 60.0 Å². The van der Waals surface area contributed by atoms with Gasteiger partial charge in [-0.2, -0.15) is 39.5 Å². The molecular formula is C86H103F9N16O13. The Labute approximate surface area is 710 Å². The minimum absolute atomic E-state index is 0.0336. The fourth-order valence-electron chi connectivity index (χ4n) is 16.1. The van der Waals surface area contributed by atoms with Gasteiger partial charge in [0.2, 0.25) is 47.3 Å². The van der Waals surface area contributed by atoms with E-state index in [-0.39, 0.29) is 126 Å². The third kappa shape index (κ3) is 24.1. The number of nitrogens with two attached hydrogens (primary N) is 4. The topological polar surface area (TPSA) is 376 Å². The number of carbonyl (C=O) groups excluding carboxylic acids is 11. The Kier molecular flexibility index (Phi) is 31.9. The molecule has 6 saturated heterocycles. The number of halogens is 9. The number of urea groups is 1. The average Bonchev–Trinajstić information content (AvgIpc) is 0.754. The van der Waals surface area contributed by atoms with E-state index in [0.717, 1.165) is 53.1 Å². The molecule has 0 saturated carbocycles. The Hall–Kier alpha value is -11.9. The summed E-state index contributed by atoms with van der Waals surface area (Å²) >= 11 is 0. The zero-order valence-electron chi connectivity index (χ0n) is 69.0. The van der Waals surface area contributed by atoms with Crippen LogP contribution in [0.25, 0.3) is 0 Å². The molecule has 0 spiro atoms. The smallest absolute Gasteiger partial charge is 0.416 e. The molecule has 38 heteroatoms. The van der Waals surface area contributed by atoms with Crippen LogP contribution in [0.5, 0.6) is 0 Å². The van der Waals surface area contributed by atoms with E-state index < -0.39 is 146 Å². The van der Waals surface area contributed by atoms with Crippen molar-refractivity contribution in [2.45, 2.75) is 186 Å². The maximum Gasteiger partial charge on any atom is 0.416 e. The molecule has 6 heterocycles. The van der Waals surface area contributed by atoms with Crippen molar-refractivity contribution in [2.75, 3.05) is 65.4 Å². The summed E-state index contributed by atoms with van der Waals surface area (Å²) in [6, 6.07) is 32.8. The molecule has 0 aliphatic carbocycles. The van der Waals surface area contributed by atoms with Crippen molar-refractivity contribution >= 4 is 65.5 Å². The summed E-state index contributed by atoms with van der Waals surface area (Å²) in [5.74, 6) is -3.21. The summed E-state index contributed by atoms with van der Waals surface area (Å²) in [4.78, 5) is 159. The third-order valence-corrected chi connectivity index (χ3v) is 21.9. The molecular weight excluding hydrogens is 1640 g/mol. The lowest BCUT2D eigenvalue weighted by Gasteiger charge is -2.53. The molecule has 668 valence electrons. The first-order chi connectivity index (χ1) is 58.9. The fraction of sp³-hybridized carbons (Fsp3) is 0.453. The van der Waals surface area contributed by atoms with Gasteiger partial charge in [-0.05, 0) is 149 Å². The minimum atomic E-state index is -4.58. The van der Waals surface area contributed by atoms with E-state index >= 15 is 0 Å². The lowest BCUT2D eigenvalue weighted by molar-refractivity contribution is -0.172. The van der Waals surface area contributed by atoms with Crippen LogP contribution in [0.4, 0.5) is 53.9 Å². The minimum Gasteiger partial charge on any atom is -0.444 e. The number of nitrogens with one attached hydrogen (secondary N) is 3. The fourth-order valence-corrected chi connectivity index (χ4v) is 16.1. The number of unbranched alkanes of at least 4 members (excludes halogenated alkanes) is 2. The number of rotatable bonds is 25. The SMILES string of the molecule is Cc1cc(CNC(=O)N2CCC(=O)N3[C@@H]2CN(Cc2ccccc2)C(=O)[C@@H]3C)cc(C(F)(F)F)c1.Cc1cc(COC(=O)N2C[C@H](NC(=O)CCN)C(=O)N3[C@@H]2CN(Cc2ccccc2)C(=O)[C@@H]3CCCCN)cc(C(F)(F)F)c1.Cc1cc(COC(=O)N2C[C@H](NC(=O)CN)C(=O)N3[C@@H]2CN(Cc2ccccc2)C(=O)[C@@H]3CCCCN)cc(C(F)(F)F)c1. The number of hydrogen-bond acceptors (Lipinski definition) is 17. The second kappa shape index (κ2) is 42.0. The van der Waals surface area contributed by atoms with Crippen LogP contribution in [0.1, 0.15) is 125 Å². The number of fused-ring (bicyclic) bond motifs is 3. The Balaban J connectivity index is 0.000000196. The summed E-state index contributed by atoms with van der Waals surface area (Å²) in [5.41, 5.74) is 24.2. The van der Waals surface area contributed by atoms with Crippen molar-refractivity contribution in [1.29, 1.82) is 0 Å². The molecule has 0 unspecified atom stereocenters. The molecule has 6 aromatic carbocycles. The van der Waals surface area contributed by atoms with Gasteiger partial charge >= 0.3 is 36.7 Å². The van der Waals surface area contributed by atoms with Gasteiger partial charge < -0.3 is 82.7 Å². The standard InChI is InChI=1S/C31H39F3N6O5.C30H37F3N6O5.C25H27F3N4O3/c1-20-13-22(15-23(14-20)31(32,33)34)19-45-30(44)39-17-24(37-26(41)10-12-36)28(42)40-25(9-5-6-11-35)29(43)38(18-27(39)40)16-21-7-3-2-4-8-21;1-19-11-21(13-22(12-19)30(31,32)33)18-44-29(43)38-16-23(36-25(40)14-35)27(41)39-24(9-5-6-10-34)28(42)37(17-26(38)39)15-20-7-3-2-4-8-20;1-16-10-19(12-20(11-16)25(26,27)28)13-29-24(35)31-9-8-22(33)32-17(2)23(34)30(15-21(31)32)14-18-6-4-3-5-7-18/h2-4,7-8,13-15,24-25,27H,5-6,9-12,16-19,35-36H2,1H3,(H,37,41);2-4,7-8,11-13,23-24,26H,5-6,9-10,14-18,34-35H2,1H3,(H,36,40);3-7,10-12,17,21H,8-9,13-15H2,1-2H3,(H,29,35)/t24-,25-,27+;23-,24-,26+;17-,21+/m000/s1. The highest BCUT2D eigenvalue weighted by Crippen LogP contribution is 2.37. The van der Waals surface area contributed by atoms with Gasteiger partial charge in [-0.3, -0.25) is 48.2 Å². The summed E-state index contributed by atoms with van der Waals surface area (Å²) in [6.45, 7) is 6.11. The van der Waals surface area contributed by atoms with Crippen LogP contribution in [-0.2, 0) is 106 Å². The Morgan fingerprint density at radius 1 is 0.427 bits per heavy atom. The normalized spacial score (nSPS) is 20.4. The number of benzene rings is 6. The molecule has 6 aliphatic heterocycles. The molecule has 6 aliphatic rings. The molecule has 8 atom stereocenters. The van der Waals surface area contributed by atoms with Crippen molar-refractivity contribution in [2.24, 2.45) is 22.9 Å². The highest BCUT2D eigenvalue weighted by molar-refractivity contribution is 5.97. The van der Waals surface area contributed by atoms with Crippen LogP contribution in [0.15, 0.2) is 146 Å². The molecule has 29 nitrogen and oxygen atoms in total. The number of nitrogens with zero attached hydrogens (tertiary/aromatic N) is 9. The lowest BCUT2D eigenvalue weighted by atomic mass is 9.97. The second-order valence-electron chi connectivity index (χ2n) is 31.2. The zero-order chi connectivity index (χ0) is 90.1. The summed E-state index contributed by atoms with van der Waals surface area (Å²) < 4.78 is 131. The maximum absolute atomic E-state index is 13.9. The number of hydrogen-bond donors (Lipinski definition) is 7. The van der Waals surface area contributed by atoms with Gasteiger partial charge in [0.25, 0.3) is 0 Å². The molecule has 6 aromatic rings. The van der Waals surface area contributed by atoms with Crippen LogP contribution < -0.4 is 38.9 Å². The molecule has 12 amide bonds. The van der Waals surface area contributed by atoms with Crippen LogP contribution in [0.2, 0.25) is 0 Å². The summed E-state index contributed by atoms with van der Waals surface area (Å²) in [6.07, 6.45) is -15.2. The van der Waals surface area contributed by atoms with Gasteiger partial charge in [0, 0.05) is 52.1 Å². The van der Waals surface area contributed by atoms with Gasteiger partial charge in [0.15, 0.2) is 0 Å².